The van der Waals surface area contributed by atoms with Gasteiger partial charge in [0.15, 0.2) is 0 Å². The van der Waals surface area contributed by atoms with Gasteiger partial charge in [-0.3, -0.25) is 14.0 Å². The number of aromatic nitrogens is 5. The third-order valence-electron chi connectivity index (χ3n) is 3.10. The summed E-state index contributed by atoms with van der Waals surface area (Å²) in [7, 11) is 4.78. The maximum absolute atomic E-state index is 11.9. The van der Waals surface area contributed by atoms with Gasteiger partial charge >= 0.3 is 5.69 Å². The Labute approximate surface area is 109 Å². The van der Waals surface area contributed by atoms with Crippen molar-refractivity contribution in [2.75, 3.05) is 5.32 Å². The molecule has 2 aromatic heterocycles. The highest BCUT2D eigenvalue weighted by atomic mass is 16.2. The van der Waals surface area contributed by atoms with Crippen molar-refractivity contribution in [1.82, 2.24) is 24.1 Å². The lowest BCUT2D eigenvalue weighted by molar-refractivity contribution is 0.604. The van der Waals surface area contributed by atoms with E-state index in [1.54, 1.807) is 10.9 Å². The molecule has 2 aromatic rings. The minimum absolute atomic E-state index is 0.146. The lowest BCUT2D eigenvalue weighted by Gasteiger charge is -2.07. The van der Waals surface area contributed by atoms with Crippen molar-refractivity contribution in [3.8, 4) is 0 Å². The number of hydrogen-bond acceptors (Lipinski definition) is 5. The highest BCUT2D eigenvalue weighted by Crippen LogP contribution is 2.06. The molecule has 0 amide bonds. The lowest BCUT2D eigenvalue weighted by atomic mass is 10.2. The van der Waals surface area contributed by atoms with Crippen LogP contribution in [0.15, 0.2) is 15.8 Å². The molecule has 0 aromatic carbocycles. The van der Waals surface area contributed by atoms with E-state index in [1.165, 1.54) is 14.1 Å². The molecule has 0 bridgehead atoms. The first kappa shape index (κ1) is 13.1. The molecule has 19 heavy (non-hydrogen) atoms. The molecule has 102 valence electrons. The fraction of sp³-hybridized carbons (Fsp3) is 0.455. The van der Waals surface area contributed by atoms with Gasteiger partial charge in [0.05, 0.1) is 6.20 Å². The van der Waals surface area contributed by atoms with Gasteiger partial charge in [0.1, 0.15) is 0 Å². The van der Waals surface area contributed by atoms with E-state index in [0.717, 1.165) is 20.5 Å². The summed E-state index contributed by atoms with van der Waals surface area (Å²) in [5.74, 6) is 0.146. The summed E-state index contributed by atoms with van der Waals surface area (Å²) in [4.78, 5) is 23.4. The van der Waals surface area contributed by atoms with E-state index in [9.17, 15) is 9.59 Å². The van der Waals surface area contributed by atoms with Gasteiger partial charge in [0.25, 0.3) is 5.56 Å². The Kier molecular flexibility index (Phi) is 3.24. The van der Waals surface area contributed by atoms with Gasteiger partial charge in [-0.2, -0.15) is 5.10 Å². The Morgan fingerprint density at radius 3 is 2.47 bits per heavy atom. The van der Waals surface area contributed by atoms with E-state index in [-0.39, 0.29) is 5.82 Å². The average molecular weight is 264 g/mol. The van der Waals surface area contributed by atoms with E-state index in [2.05, 4.69) is 15.5 Å². The van der Waals surface area contributed by atoms with Crippen LogP contribution in [0.3, 0.4) is 0 Å². The first-order valence-electron chi connectivity index (χ1n) is 5.77. The predicted molar refractivity (Wildman–Crippen MR) is 70.0 cm³/mol. The third kappa shape index (κ3) is 2.28. The zero-order valence-electron chi connectivity index (χ0n) is 11.3. The first-order valence-corrected chi connectivity index (χ1v) is 5.77. The molecule has 0 atom stereocenters. The number of nitrogens with one attached hydrogen (secondary N) is 1. The van der Waals surface area contributed by atoms with E-state index >= 15 is 0 Å². The molecule has 1 N–H and O–H groups in total. The molecule has 0 radical (unpaired) electrons. The van der Waals surface area contributed by atoms with Crippen molar-refractivity contribution in [1.29, 1.82) is 0 Å². The highest BCUT2D eigenvalue weighted by Gasteiger charge is 2.09. The number of hydrogen-bond donors (Lipinski definition) is 1. The summed E-state index contributed by atoms with van der Waals surface area (Å²) in [5, 5.41) is 11.0. The van der Waals surface area contributed by atoms with Crippen LogP contribution in [0.1, 0.15) is 11.3 Å². The van der Waals surface area contributed by atoms with Crippen LogP contribution in [0, 0.1) is 6.92 Å². The maximum atomic E-state index is 11.9. The van der Waals surface area contributed by atoms with E-state index in [4.69, 9.17) is 0 Å². The van der Waals surface area contributed by atoms with Crippen molar-refractivity contribution in [2.24, 2.45) is 21.1 Å². The van der Waals surface area contributed by atoms with Gasteiger partial charge in [0, 0.05) is 38.9 Å². The normalized spacial score (nSPS) is 10.7. The molecule has 2 rings (SSSR count). The van der Waals surface area contributed by atoms with Crippen LogP contribution in [0.2, 0.25) is 0 Å². The minimum atomic E-state index is -0.451. The monoisotopic (exact) mass is 264 g/mol. The van der Waals surface area contributed by atoms with Crippen LogP contribution in [0.25, 0.3) is 0 Å². The number of aryl methyl sites for hydroxylation is 2. The van der Waals surface area contributed by atoms with Gasteiger partial charge < -0.3 is 5.32 Å². The summed E-state index contributed by atoms with van der Waals surface area (Å²) < 4.78 is 3.90. The quantitative estimate of drug-likeness (QED) is 0.779. The van der Waals surface area contributed by atoms with Crippen molar-refractivity contribution in [3.05, 3.63) is 38.3 Å². The molecule has 0 aliphatic rings. The maximum Gasteiger partial charge on any atom is 0.346 e. The van der Waals surface area contributed by atoms with E-state index in [1.807, 2.05) is 14.0 Å². The first-order chi connectivity index (χ1) is 8.91. The van der Waals surface area contributed by atoms with Crippen LogP contribution in [-0.2, 0) is 27.7 Å². The second kappa shape index (κ2) is 4.71. The molecule has 0 aliphatic heterocycles. The zero-order chi connectivity index (χ0) is 14.2. The Morgan fingerprint density at radius 1 is 1.21 bits per heavy atom. The Balaban J connectivity index is 2.28. The lowest BCUT2D eigenvalue weighted by Crippen LogP contribution is -2.39. The van der Waals surface area contributed by atoms with Gasteiger partial charge in [-0.15, -0.1) is 5.10 Å². The number of anilines is 1. The molecule has 2 heterocycles. The van der Waals surface area contributed by atoms with Crippen LogP contribution < -0.4 is 16.6 Å². The van der Waals surface area contributed by atoms with Crippen molar-refractivity contribution < 1.29 is 0 Å². The smallest absolute Gasteiger partial charge is 0.346 e. The Bertz CT molecular complexity index is 724. The third-order valence-corrected chi connectivity index (χ3v) is 3.10. The van der Waals surface area contributed by atoms with E-state index < -0.39 is 11.2 Å². The molecule has 0 spiro atoms. The van der Waals surface area contributed by atoms with Gasteiger partial charge in [0.2, 0.25) is 5.82 Å². The van der Waals surface area contributed by atoms with Crippen LogP contribution in [0.4, 0.5) is 5.82 Å². The summed E-state index contributed by atoms with van der Waals surface area (Å²) in [6, 6.07) is 0. The molecule has 0 saturated heterocycles. The van der Waals surface area contributed by atoms with Crippen LogP contribution in [0.5, 0.6) is 0 Å². The molecule has 0 saturated carbocycles. The molecule has 0 aliphatic carbocycles. The molecule has 0 unspecified atom stereocenters. The van der Waals surface area contributed by atoms with E-state index in [0.29, 0.717) is 6.54 Å². The summed E-state index contributed by atoms with van der Waals surface area (Å²) in [5.41, 5.74) is 1.09. The SMILES string of the molecule is Cc1c(CNc2nn(C)c(=O)n(C)c2=O)cnn1C. The van der Waals surface area contributed by atoms with Crippen molar-refractivity contribution in [3.63, 3.8) is 0 Å². The summed E-state index contributed by atoms with van der Waals surface area (Å²) >= 11 is 0. The predicted octanol–water partition coefficient (Wildman–Crippen LogP) is -0.867. The summed E-state index contributed by atoms with van der Waals surface area (Å²) in [6.07, 6.45) is 1.73. The number of rotatable bonds is 3. The summed E-state index contributed by atoms with van der Waals surface area (Å²) in [6.45, 7) is 2.37. The standard InChI is InChI=1S/C11H16N6O2/c1-7-8(6-13-16(7)3)5-12-9-10(18)15(2)11(19)17(4)14-9/h6H,5H2,1-4H3,(H,12,14). The molecule has 0 fully saturated rings. The van der Waals surface area contributed by atoms with Gasteiger partial charge in [-0.25, -0.2) is 9.48 Å². The Hall–Kier alpha value is -2.38. The highest BCUT2D eigenvalue weighted by molar-refractivity contribution is 5.32. The van der Waals surface area contributed by atoms with Crippen LogP contribution >= 0.6 is 0 Å². The number of nitrogens with zero attached hydrogens (tertiary/aromatic N) is 5. The molecule has 8 heteroatoms. The molecular weight excluding hydrogens is 248 g/mol. The molecular formula is C11H16N6O2. The van der Waals surface area contributed by atoms with Gasteiger partial charge in [-0.1, -0.05) is 0 Å². The van der Waals surface area contributed by atoms with Gasteiger partial charge in [-0.05, 0) is 6.92 Å². The second-order valence-corrected chi connectivity index (χ2v) is 4.35. The fourth-order valence-electron chi connectivity index (χ4n) is 1.71. The zero-order valence-corrected chi connectivity index (χ0v) is 11.3. The fourth-order valence-corrected chi connectivity index (χ4v) is 1.71. The topological polar surface area (TPSA) is 86.7 Å². The average Bonchev–Trinajstić information content (AvgIpc) is 2.70. The van der Waals surface area contributed by atoms with Crippen LogP contribution in [-0.4, -0.2) is 24.1 Å². The Morgan fingerprint density at radius 2 is 1.89 bits per heavy atom. The van der Waals surface area contributed by atoms with Crippen molar-refractivity contribution >= 4 is 5.82 Å². The minimum Gasteiger partial charge on any atom is -0.360 e. The largest absolute Gasteiger partial charge is 0.360 e. The second-order valence-electron chi connectivity index (χ2n) is 4.35. The molecule has 8 nitrogen and oxygen atoms in total. The van der Waals surface area contributed by atoms with Crippen molar-refractivity contribution in [2.45, 2.75) is 13.5 Å².